The van der Waals surface area contributed by atoms with E-state index >= 15 is 0 Å². The highest BCUT2D eigenvalue weighted by Gasteiger charge is 2.49. The van der Waals surface area contributed by atoms with Crippen LogP contribution in [0.3, 0.4) is 0 Å². The van der Waals surface area contributed by atoms with Crippen molar-refractivity contribution in [1.82, 2.24) is 4.90 Å². The quantitative estimate of drug-likeness (QED) is 0.895. The number of hydrogen-bond donors (Lipinski definition) is 2. The Bertz CT molecular complexity index is 520. The van der Waals surface area contributed by atoms with Crippen LogP contribution in [0, 0.1) is 0 Å². The second kappa shape index (κ2) is 6.03. The Labute approximate surface area is 123 Å². The molecule has 0 aromatic heterocycles. The van der Waals surface area contributed by atoms with Crippen molar-refractivity contribution in [1.29, 1.82) is 0 Å². The van der Waals surface area contributed by atoms with Gasteiger partial charge in [-0.15, -0.1) is 0 Å². The van der Waals surface area contributed by atoms with E-state index in [4.69, 9.17) is 10.5 Å². The molecule has 1 saturated heterocycles. The number of ether oxygens (including phenoxy) is 1. The number of nitrogens with zero attached hydrogens (tertiary/aromatic N) is 1. The van der Waals surface area contributed by atoms with Crippen molar-refractivity contribution in [2.75, 3.05) is 6.54 Å². The first-order valence-corrected chi connectivity index (χ1v) is 7.01. The monoisotopic (exact) mass is 292 g/mol. The maximum Gasteiger partial charge on any atom is 0.410 e. The average molecular weight is 292 g/mol. The summed E-state index contributed by atoms with van der Waals surface area (Å²) in [6.45, 7) is 2.19. The first kappa shape index (κ1) is 15.2. The molecule has 2 rings (SSSR count). The number of primary amides is 1. The maximum absolute atomic E-state index is 11.6. The van der Waals surface area contributed by atoms with Gasteiger partial charge in [0, 0.05) is 18.9 Å². The number of hydrogen-bond acceptors (Lipinski definition) is 3. The fourth-order valence-electron chi connectivity index (χ4n) is 3.05. The zero-order valence-electron chi connectivity index (χ0n) is 12.0. The summed E-state index contributed by atoms with van der Waals surface area (Å²) < 4.78 is 5.35. The fourth-order valence-corrected chi connectivity index (χ4v) is 3.05. The first-order valence-electron chi connectivity index (χ1n) is 7.01. The predicted octanol–water partition coefficient (Wildman–Crippen LogP) is 2.75. The van der Waals surface area contributed by atoms with Crippen LogP contribution in [0.25, 0.3) is 0 Å². The van der Waals surface area contributed by atoms with Gasteiger partial charge in [0.1, 0.15) is 0 Å². The highest BCUT2D eigenvalue weighted by atomic mass is 16.6. The van der Waals surface area contributed by atoms with Crippen LogP contribution in [0.1, 0.15) is 37.7 Å². The van der Waals surface area contributed by atoms with Crippen molar-refractivity contribution < 1.29 is 19.4 Å². The number of carbonyl (C=O) groups excluding carboxylic acids is 1. The molecule has 1 fully saturated rings. The lowest BCUT2D eigenvalue weighted by Crippen LogP contribution is -2.60. The minimum Gasteiger partial charge on any atom is -0.465 e. The van der Waals surface area contributed by atoms with E-state index in [0.29, 0.717) is 13.0 Å². The summed E-state index contributed by atoms with van der Waals surface area (Å²) in [5, 5.41) is 9.48. The number of piperidine rings is 1. The fraction of sp³-hybridized carbons (Fsp3) is 0.467. The molecule has 6 nitrogen and oxygen atoms in total. The minimum atomic E-state index is -1.24. The number of likely N-dealkylation sites (tertiary alicyclic amines) is 1. The topological polar surface area (TPSA) is 92.9 Å². The van der Waals surface area contributed by atoms with Gasteiger partial charge in [0.15, 0.2) is 5.72 Å². The summed E-state index contributed by atoms with van der Waals surface area (Å²) in [6.07, 6.45) is -0.0748. The molecule has 0 bridgehead atoms. The van der Waals surface area contributed by atoms with Crippen molar-refractivity contribution >= 4 is 12.2 Å². The predicted molar refractivity (Wildman–Crippen MR) is 76.8 cm³/mol. The zero-order valence-corrected chi connectivity index (χ0v) is 12.0. The highest BCUT2D eigenvalue weighted by molar-refractivity contribution is 5.69. The van der Waals surface area contributed by atoms with Crippen molar-refractivity contribution in [3.8, 4) is 0 Å². The van der Waals surface area contributed by atoms with Gasteiger partial charge in [-0.05, 0) is 18.4 Å². The second-order valence-corrected chi connectivity index (χ2v) is 5.29. The van der Waals surface area contributed by atoms with E-state index in [1.807, 2.05) is 37.3 Å². The summed E-state index contributed by atoms with van der Waals surface area (Å²) in [7, 11) is 0. The molecule has 6 heteroatoms. The lowest BCUT2D eigenvalue weighted by molar-refractivity contribution is -0.130. The smallest absolute Gasteiger partial charge is 0.410 e. The lowest BCUT2D eigenvalue weighted by atomic mass is 9.82. The van der Waals surface area contributed by atoms with Gasteiger partial charge >= 0.3 is 12.2 Å². The first-order chi connectivity index (χ1) is 9.97. The van der Waals surface area contributed by atoms with Crippen molar-refractivity contribution in [2.24, 2.45) is 5.73 Å². The standard InChI is InChI=1S/C15H20N2O4/c1-11(12-7-3-2-4-8-12)15(21-13(16)18)9-5-6-10-17(15)14(19)20/h2-4,7-8,11H,5-6,9-10H2,1H3,(H2,16,18)(H,19,20). The SMILES string of the molecule is CC(c1ccccc1)C1(OC(N)=O)CCCCN1C(=O)O. The van der Waals surface area contributed by atoms with Gasteiger partial charge < -0.3 is 15.6 Å². The van der Waals surface area contributed by atoms with Crippen LogP contribution in [0.4, 0.5) is 9.59 Å². The van der Waals surface area contributed by atoms with Gasteiger partial charge in [-0.25, -0.2) is 9.59 Å². The molecule has 3 N–H and O–H groups in total. The van der Waals surface area contributed by atoms with E-state index in [2.05, 4.69) is 0 Å². The van der Waals surface area contributed by atoms with E-state index in [9.17, 15) is 14.7 Å². The molecule has 21 heavy (non-hydrogen) atoms. The van der Waals surface area contributed by atoms with Crippen LogP contribution in [-0.2, 0) is 4.74 Å². The van der Waals surface area contributed by atoms with Gasteiger partial charge in [0.05, 0.1) is 0 Å². The Morgan fingerprint density at radius 3 is 2.57 bits per heavy atom. The molecule has 1 aromatic rings. The largest absolute Gasteiger partial charge is 0.465 e. The Morgan fingerprint density at radius 1 is 1.33 bits per heavy atom. The number of benzene rings is 1. The third kappa shape index (κ3) is 2.94. The third-order valence-electron chi connectivity index (χ3n) is 4.11. The third-order valence-corrected chi connectivity index (χ3v) is 4.11. The van der Waals surface area contributed by atoms with Crippen molar-refractivity contribution in [3.63, 3.8) is 0 Å². The molecule has 1 aromatic carbocycles. The minimum absolute atomic E-state index is 0.303. The molecule has 1 aliphatic rings. The Kier molecular flexibility index (Phi) is 4.35. The van der Waals surface area contributed by atoms with Crippen molar-refractivity contribution in [2.45, 2.75) is 37.8 Å². The van der Waals surface area contributed by atoms with Gasteiger partial charge in [0.2, 0.25) is 0 Å². The average Bonchev–Trinajstić information content (AvgIpc) is 2.47. The molecular formula is C15H20N2O4. The van der Waals surface area contributed by atoms with Gasteiger partial charge in [0.25, 0.3) is 0 Å². The zero-order chi connectivity index (χ0) is 15.5. The van der Waals surface area contributed by atoms with E-state index in [1.54, 1.807) is 0 Å². The molecule has 0 aliphatic carbocycles. The molecule has 1 heterocycles. The van der Waals surface area contributed by atoms with Crippen LogP contribution in [0.5, 0.6) is 0 Å². The van der Waals surface area contributed by atoms with Crippen molar-refractivity contribution in [3.05, 3.63) is 35.9 Å². The van der Waals surface area contributed by atoms with Crippen LogP contribution in [0.2, 0.25) is 0 Å². The molecule has 1 aliphatic heterocycles. The molecule has 0 spiro atoms. The molecule has 0 saturated carbocycles. The molecular weight excluding hydrogens is 272 g/mol. The Balaban J connectivity index is 2.44. The Hall–Kier alpha value is -2.24. The summed E-state index contributed by atoms with van der Waals surface area (Å²) in [6, 6.07) is 9.42. The highest BCUT2D eigenvalue weighted by Crippen LogP contribution is 2.41. The molecule has 114 valence electrons. The van der Waals surface area contributed by atoms with E-state index in [0.717, 1.165) is 18.4 Å². The lowest BCUT2D eigenvalue weighted by Gasteiger charge is -2.47. The maximum atomic E-state index is 11.6. The number of rotatable bonds is 3. The molecule has 2 amide bonds. The van der Waals surface area contributed by atoms with E-state index in [-0.39, 0.29) is 5.92 Å². The Morgan fingerprint density at radius 2 is 2.00 bits per heavy atom. The van der Waals surface area contributed by atoms with Gasteiger partial charge in [-0.3, -0.25) is 4.90 Å². The van der Waals surface area contributed by atoms with Crippen LogP contribution in [-0.4, -0.2) is 34.5 Å². The second-order valence-electron chi connectivity index (χ2n) is 5.29. The number of carbonyl (C=O) groups is 2. The number of amides is 2. The summed E-state index contributed by atoms with van der Waals surface area (Å²) in [5.74, 6) is -0.303. The molecule has 2 atom stereocenters. The summed E-state index contributed by atoms with van der Waals surface area (Å²) in [5.41, 5.74) is 4.88. The number of nitrogens with two attached hydrogens (primary N) is 1. The molecule has 0 radical (unpaired) electrons. The van der Waals surface area contributed by atoms with E-state index < -0.39 is 17.9 Å². The van der Waals surface area contributed by atoms with Crippen LogP contribution < -0.4 is 5.73 Å². The van der Waals surface area contributed by atoms with Crippen LogP contribution in [0.15, 0.2) is 30.3 Å². The summed E-state index contributed by atoms with van der Waals surface area (Å²) >= 11 is 0. The van der Waals surface area contributed by atoms with Gasteiger partial charge in [-0.1, -0.05) is 37.3 Å². The number of carboxylic acid groups (broad SMARTS) is 1. The normalized spacial score (nSPS) is 23.4. The molecule has 2 unspecified atom stereocenters. The van der Waals surface area contributed by atoms with E-state index in [1.165, 1.54) is 4.90 Å². The summed E-state index contributed by atoms with van der Waals surface area (Å²) in [4.78, 5) is 24.1. The van der Waals surface area contributed by atoms with Crippen LogP contribution >= 0.6 is 0 Å². The van der Waals surface area contributed by atoms with Gasteiger partial charge in [-0.2, -0.15) is 0 Å².